The smallest absolute Gasteiger partial charge is 0.267 e. The number of thiophene rings is 1. The third kappa shape index (κ3) is 4.16. The molecule has 0 aliphatic heterocycles. The van der Waals surface area contributed by atoms with E-state index >= 15 is 0 Å². The van der Waals surface area contributed by atoms with Crippen molar-refractivity contribution in [3.05, 3.63) is 64.4 Å². The topological polar surface area (TPSA) is 38.3 Å². The van der Waals surface area contributed by atoms with Gasteiger partial charge in [-0.25, -0.2) is 5.48 Å². The van der Waals surface area contributed by atoms with Crippen molar-refractivity contribution >= 4 is 23.3 Å². The lowest BCUT2D eigenvalue weighted by atomic mass is 10.2. The van der Waals surface area contributed by atoms with Gasteiger partial charge in [-0.15, -0.1) is 11.3 Å². The van der Waals surface area contributed by atoms with Gasteiger partial charge in [0.05, 0.1) is 6.61 Å². The van der Waals surface area contributed by atoms with E-state index < -0.39 is 0 Å². The number of hydrogen-bond donors (Lipinski definition) is 1. The number of rotatable bonds is 5. The maximum atomic E-state index is 11.4. The predicted molar refractivity (Wildman–Crippen MR) is 72.7 cm³/mol. The molecular weight excluding hydrogens is 246 g/mol. The second-order valence-corrected chi connectivity index (χ2v) is 4.57. The third-order valence-corrected chi connectivity index (χ3v) is 3.03. The van der Waals surface area contributed by atoms with Gasteiger partial charge in [-0.1, -0.05) is 36.4 Å². The summed E-state index contributed by atoms with van der Waals surface area (Å²) in [5.74, 6) is -0.265. The van der Waals surface area contributed by atoms with Gasteiger partial charge in [-0.2, -0.15) is 0 Å². The molecule has 18 heavy (non-hydrogen) atoms. The highest BCUT2D eigenvalue weighted by Gasteiger charge is 1.96. The van der Waals surface area contributed by atoms with Gasteiger partial charge in [0.15, 0.2) is 0 Å². The molecule has 2 aromatic rings. The Labute approximate surface area is 110 Å². The van der Waals surface area contributed by atoms with E-state index in [2.05, 4.69) is 5.48 Å². The summed E-state index contributed by atoms with van der Waals surface area (Å²) < 4.78 is 0. The van der Waals surface area contributed by atoms with Gasteiger partial charge in [0.2, 0.25) is 0 Å². The Bertz CT molecular complexity index is 506. The summed E-state index contributed by atoms with van der Waals surface area (Å²) in [5.41, 5.74) is 3.39. The molecule has 0 radical (unpaired) electrons. The summed E-state index contributed by atoms with van der Waals surface area (Å²) in [4.78, 5) is 17.5. The first kappa shape index (κ1) is 12.5. The molecule has 2 rings (SSSR count). The molecule has 0 saturated carbocycles. The average molecular weight is 259 g/mol. The van der Waals surface area contributed by atoms with Crippen LogP contribution < -0.4 is 5.48 Å². The number of amides is 1. The lowest BCUT2D eigenvalue weighted by Gasteiger charge is -2.03. The van der Waals surface area contributed by atoms with Crippen molar-refractivity contribution in [2.24, 2.45) is 0 Å². The van der Waals surface area contributed by atoms with Crippen LogP contribution in [0.25, 0.3) is 6.08 Å². The summed E-state index contributed by atoms with van der Waals surface area (Å²) in [5, 5.41) is 1.96. The lowest BCUT2D eigenvalue weighted by molar-refractivity contribution is -0.129. The minimum absolute atomic E-state index is 0.265. The molecule has 0 fully saturated rings. The number of hydrogen-bond acceptors (Lipinski definition) is 3. The van der Waals surface area contributed by atoms with E-state index in [1.54, 1.807) is 17.4 Å². The first-order valence-corrected chi connectivity index (χ1v) is 6.40. The van der Waals surface area contributed by atoms with Crippen LogP contribution in [-0.4, -0.2) is 5.91 Å². The Balaban J connectivity index is 1.72. The van der Waals surface area contributed by atoms with E-state index in [4.69, 9.17) is 4.84 Å². The van der Waals surface area contributed by atoms with Crippen molar-refractivity contribution < 1.29 is 9.63 Å². The molecule has 1 amide bonds. The van der Waals surface area contributed by atoms with Crippen molar-refractivity contribution in [1.29, 1.82) is 0 Å². The maximum Gasteiger partial charge on any atom is 0.267 e. The summed E-state index contributed by atoms with van der Waals surface area (Å²) in [6, 6.07) is 13.6. The zero-order valence-corrected chi connectivity index (χ0v) is 10.5. The van der Waals surface area contributed by atoms with Gasteiger partial charge >= 0.3 is 0 Å². The number of benzene rings is 1. The Morgan fingerprint density at radius 1 is 1.22 bits per heavy atom. The minimum atomic E-state index is -0.265. The fourth-order valence-corrected chi connectivity index (χ4v) is 1.96. The molecule has 1 heterocycles. The number of hydroxylamine groups is 1. The van der Waals surface area contributed by atoms with Gasteiger partial charge in [0.25, 0.3) is 5.91 Å². The fourth-order valence-electron chi connectivity index (χ4n) is 1.34. The Kier molecular flexibility index (Phi) is 4.69. The van der Waals surface area contributed by atoms with E-state index in [9.17, 15) is 4.79 Å². The predicted octanol–water partition coefficient (Wildman–Crippen LogP) is 3.01. The summed E-state index contributed by atoms with van der Waals surface area (Å²) in [7, 11) is 0. The van der Waals surface area contributed by atoms with E-state index in [1.807, 2.05) is 47.8 Å². The van der Waals surface area contributed by atoms with Crippen LogP contribution in [-0.2, 0) is 16.2 Å². The molecule has 3 nitrogen and oxygen atoms in total. The molecule has 0 aliphatic carbocycles. The van der Waals surface area contributed by atoms with Gasteiger partial charge in [-0.05, 0) is 23.1 Å². The van der Waals surface area contributed by atoms with Crippen molar-refractivity contribution in [2.75, 3.05) is 0 Å². The molecule has 92 valence electrons. The number of carbonyl (C=O) groups excluding carboxylic acids is 1. The number of nitrogens with one attached hydrogen (secondary N) is 1. The molecular formula is C14H13NO2S. The van der Waals surface area contributed by atoms with Crippen LogP contribution in [0.5, 0.6) is 0 Å². The van der Waals surface area contributed by atoms with Crippen LogP contribution in [0.4, 0.5) is 0 Å². The number of carbonyl (C=O) groups is 1. The molecule has 0 spiro atoms. The zero-order valence-electron chi connectivity index (χ0n) is 9.71. The van der Waals surface area contributed by atoms with Crippen LogP contribution >= 0.6 is 11.3 Å². The highest BCUT2D eigenvalue weighted by atomic mass is 32.1. The van der Waals surface area contributed by atoms with Gasteiger partial charge in [0.1, 0.15) is 0 Å². The molecule has 0 aliphatic rings. The van der Waals surface area contributed by atoms with Crippen molar-refractivity contribution in [3.63, 3.8) is 0 Å². The fraction of sp³-hybridized carbons (Fsp3) is 0.0714. The second kappa shape index (κ2) is 6.74. The zero-order chi connectivity index (χ0) is 12.6. The Hall–Kier alpha value is -1.91. The summed E-state index contributed by atoms with van der Waals surface area (Å²) in [6.07, 6.45) is 3.21. The van der Waals surface area contributed by atoms with Crippen molar-refractivity contribution in [3.8, 4) is 0 Å². The summed E-state index contributed by atoms with van der Waals surface area (Å²) in [6.45, 7) is 0.361. The monoisotopic (exact) mass is 259 g/mol. The molecule has 0 unspecified atom stereocenters. The Morgan fingerprint density at radius 3 is 2.78 bits per heavy atom. The molecule has 0 saturated heterocycles. The summed E-state index contributed by atoms with van der Waals surface area (Å²) >= 11 is 1.58. The van der Waals surface area contributed by atoms with Crippen LogP contribution in [0.3, 0.4) is 0 Å². The van der Waals surface area contributed by atoms with E-state index in [0.29, 0.717) is 6.61 Å². The quantitative estimate of drug-likeness (QED) is 0.662. The maximum absolute atomic E-state index is 11.4. The highest BCUT2D eigenvalue weighted by molar-refractivity contribution is 7.10. The van der Waals surface area contributed by atoms with Crippen molar-refractivity contribution in [2.45, 2.75) is 6.61 Å². The van der Waals surface area contributed by atoms with Crippen LogP contribution in [0.1, 0.15) is 10.4 Å². The Morgan fingerprint density at radius 2 is 2.06 bits per heavy atom. The normalized spacial score (nSPS) is 10.7. The largest absolute Gasteiger partial charge is 0.269 e. The second-order valence-electron chi connectivity index (χ2n) is 3.59. The lowest BCUT2D eigenvalue weighted by Crippen LogP contribution is -2.21. The molecule has 0 bridgehead atoms. The molecule has 1 N–H and O–H groups in total. The molecule has 4 heteroatoms. The van der Waals surface area contributed by atoms with E-state index in [-0.39, 0.29) is 5.91 Å². The van der Waals surface area contributed by atoms with E-state index in [1.165, 1.54) is 6.08 Å². The third-order valence-electron chi connectivity index (χ3n) is 2.20. The first-order valence-electron chi connectivity index (χ1n) is 5.52. The van der Waals surface area contributed by atoms with Crippen LogP contribution in [0, 0.1) is 0 Å². The van der Waals surface area contributed by atoms with Crippen LogP contribution in [0.15, 0.2) is 53.9 Å². The standard InChI is InChI=1S/C14H13NO2S/c16-14(9-8-13-7-4-10-18-13)15-17-11-12-5-2-1-3-6-12/h1-10H,11H2,(H,15,16)/b9-8+. The molecule has 1 aromatic carbocycles. The highest BCUT2D eigenvalue weighted by Crippen LogP contribution is 2.09. The van der Waals surface area contributed by atoms with Gasteiger partial charge < -0.3 is 0 Å². The molecule has 0 atom stereocenters. The minimum Gasteiger partial charge on any atom is -0.269 e. The van der Waals surface area contributed by atoms with E-state index in [0.717, 1.165) is 10.4 Å². The SMILES string of the molecule is O=C(/C=C/c1cccs1)NOCc1ccccc1. The van der Waals surface area contributed by atoms with Gasteiger partial charge in [0, 0.05) is 11.0 Å². The van der Waals surface area contributed by atoms with Crippen molar-refractivity contribution in [1.82, 2.24) is 5.48 Å². The van der Waals surface area contributed by atoms with Crippen LogP contribution in [0.2, 0.25) is 0 Å². The first-order chi connectivity index (χ1) is 8.84. The molecule has 1 aromatic heterocycles. The average Bonchev–Trinajstić information content (AvgIpc) is 2.91. The van der Waals surface area contributed by atoms with Gasteiger partial charge in [-0.3, -0.25) is 9.63 Å².